The van der Waals surface area contributed by atoms with E-state index in [1.807, 2.05) is 6.92 Å². The van der Waals surface area contributed by atoms with Crippen LogP contribution < -0.4 is 15.8 Å². The second kappa shape index (κ2) is 8.60. The van der Waals surface area contributed by atoms with Gasteiger partial charge in [-0.15, -0.1) is 0 Å². The first kappa shape index (κ1) is 24.0. The second-order valence-corrected chi connectivity index (χ2v) is 11.1. The number of aromatic nitrogens is 3. The normalized spacial score (nSPS) is 22.1. The average molecular weight is 493 g/mol. The Morgan fingerprint density at radius 3 is 2.68 bits per heavy atom. The van der Waals surface area contributed by atoms with Gasteiger partial charge < -0.3 is 15.8 Å². The number of hydrogen-bond acceptors (Lipinski definition) is 9. The summed E-state index contributed by atoms with van der Waals surface area (Å²) in [6.45, 7) is 4.15. The highest BCUT2D eigenvalue weighted by Gasteiger charge is 2.51. The summed E-state index contributed by atoms with van der Waals surface area (Å²) in [7, 11) is -3.43. The van der Waals surface area contributed by atoms with E-state index in [-0.39, 0.29) is 11.4 Å². The molecule has 5 N–H and O–H groups in total. The van der Waals surface area contributed by atoms with E-state index in [1.165, 1.54) is 38.4 Å². The molecule has 0 aliphatic carbocycles. The van der Waals surface area contributed by atoms with Crippen molar-refractivity contribution >= 4 is 39.0 Å². The van der Waals surface area contributed by atoms with Crippen molar-refractivity contribution < 1.29 is 22.6 Å². The van der Waals surface area contributed by atoms with Gasteiger partial charge in [0.25, 0.3) is 0 Å². The van der Waals surface area contributed by atoms with Crippen LogP contribution in [-0.4, -0.2) is 53.7 Å². The van der Waals surface area contributed by atoms with Gasteiger partial charge in [-0.3, -0.25) is 14.1 Å². The molecule has 9 nitrogen and oxygen atoms in total. The predicted octanol–water partition coefficient (Wildman–Crippen LogP) is 4.37. The molecule has 1 aromatic carbocycles. The monoisotopic (exact) mass is 492 g/mol. The molecule has 0 saturated heterocycles. The molecule has 0 fully saturated rings. The van der Waals surface area contributed by atoms with Crippen molar-refractivity contribution in [3.63, 3.8) is 0 Å². The maximum Gasteiger partial charge on any atom is 0.232 e. The third kappa shape index (κ3) is 4.01. The number of anilines is 2. The van der Waals surface area contributed by atoms with Crippen LogP contribution in [0, 0.1) is 5.82 Å². The molecular weight excluding hydrogens is 466 g/mol. The maximum absolute atomic E-state index is 15.0. The first-order valence-electron chi connectivity index (χ1n) is 10.5. The summed E-state index contributed by atoms with van der Waals surface area (Å²) < 4.78 is 54.9. The van der Waals surface area contributed by atoms with Crippen LogP contribution in [0.5, 0.6) is 5.88 Å². The number of fused-ring (bicyclic) bond motifs is 1. The number of halogens is 2. The molecule has 34 heavy (non-hydrogen) atoms. The van der Waals surface area contributed by atoms with Crippen LogP contribution in [0.15, 0.2) is 41.7 Å². The molecule has 1 aliphatic heterocycles. The smallest absolute Gasteiger partial charge is 0.232 e. The van der Waals surface area contributed by atoms with E-state index in [0.717, 1.165) is 6.07 Å². The third-order valence-corrected chi connectivity index (χ3v) is 8.61. The summed E-state index contributed by atoms with van der Waals surface area (Å²) in [5, 5.41) is 3.05. The minimum Gasteiger partial charge on any atom is -0.477 e. The number of aliphatic imine (C=N–C) groups is 1. The molecule has 2 aromatic heterocycles. The quantitative estimate of drug-likeness (QED) is 0.398. The zero-order valence-electron chi connectivity index (χ0n) is 18.9. The molecule has 4 rings (SSSR count). The van der Waals surface area contributed by atoms with Crippen molar-refractivity contribution in [2.24, 2.45) is 10.7 Å². The SMILES string of the molecule is CCOc1cnc2c(Nc3ccc(F)c([C@@]4(CF)CS(O)(O)C(C)(C)C(N)=N4)c3)nccc2n1. The van der Waals surface area contributed by atoms with Crippen LogP contribution in [-0.2, 0) is 5.54 Å². The predicted molar refractivity (Wildman–Crippen MR) is 129 cm³/mol. The highest BCUT2D eigenvalue weighted by atomic mass is 32.3. The molecule has 182 valence electrons. The summed E-state index contributed by atoms with van der Waals surface area (Å²) in [5.41, 5.74) is 5.33. The molecule has 3 heterocycles. The number of amidine groups is 1. The van der Waals surface area contributed by atoms with Crippen molar-refractivity contribution in [3.8, 4) is 5.88 Å². The summed E-state index contributed by atoms with van der Waals surface area (Å²) in [4.78, 5) is 17.3. The van der Waals surface area contributed by atoms with Gasteiger partial charge in [-0.05, 0) is 45.0 Å². The Morgan fingerprint density at radius 1 is 1.24 bits per heavy atom. The highest BCUT2D eigenvalue weighted by Crippen LogP contribution is 2.59. The summed E-state index contributed by atoms with van der Waals surface area (Å²) in [6, 6.07) is 5.64. The lowest BCUT2D eigenvalue weighted by atomic mass is 9.92. The molecule has 0 bridgehead atoms. The molecule has 1 aliphatic rings. The molecule has 0 radical (unpaired) electrons. The van der Waals surface area contributed by atoms with Gasteiger partial charge in [-0.25, -0.2) is 23.7 Å². The van der Waals surface area contributed by atoms with E-state index < -0.39 is 39.1 Å². The van der Waals surface area contributed by atoms with Crippen molar-refractivity contribution in [2.45, 2.75) is 31.1 Å². The van der Waals surface area contributed by atoms with Crippen molar-refractivity contribution in [1.29, 1.82) is 0 Å². The first-order valence-corrected chi connectivity index (χ1v) is 12.2. The summed E-state index contributed by atoms with van der Waals surface area (Å²) in [6.07, 6.45) is 3.00. The molecule has 12 heteroatoms. The van der Waals surface area contributed by atoms with E-state index in [4.69, 9.17) is 10.5 Å². The standard InChI is InChI=1S/C22H26F2N6O3S/c1-4-33-17-10-27-18-16(29-17)7-8-26-19(18)28-13-5-6-15(24)14(9-13)22(11-23)12-34(31,32)21(2,3)20(25)30-22/h5-10,31-32H,4,11-12H2,1-3H3,(H2,25,30)(H,26,28)/t22-/m1/s1. The Hall–Kier alpha value is -3.09. The molecule has 0 saturated carbocycles. The van der Waals surface area contributed by atoms with Crippen LogP contribution >= 0.6 is 10.6 Å². The van der Waals surface area contributed by atoms with Gasteiger partial charge in [0.1, 0.15) is 34.1 Å². The zero-order chi connectivity index (χ0) is 24.7. The lowest BCUT2D eigenvalue weighted by Gasteiger charge is -2.53. The Morgan fingerprint density at radius 2 is 2.00 bits per heavy atom. The molecule has 0 spiro atoms. The number of nitrogens with one attached hydrogen (secondary N) is 1. The van der Waals surface area contributed by atoms with Crippen molar-refractivity contribution in [2.75, 3.05) is 24.4 Å². The molecule has 0 amide bonds. The average Bonchev–Trinajstić information content (AvgIpc) is 2.79. The zero-order valence-corrected chi connectivity index (χ0v) is 19.7. The van der Waals surface area contributed by atoms with E-state index in [2.05, 4.69) is 25.3 Å². The summed E-state index contributed by atoms with van der Waals surface area (Å²) in [5.74, 6) is -0.678. The largest absolute Gasteiger partial charge is 0.477 e. The lowest BCUT2D eigenvalue weighted by molar-refractivity contribution is 0.312. The minimum atomic E-state index is -3.43. The first-order chi connectivity index (χ1) is 16.0. The number of alkyl halides is 1. The molecular formula is C22H26F2N6O3S. The van der Waals surface area contributed by atoms with Gasteiger partial charge in [-0.1, -0.05) is 0 Å². The Labute approximate surface area is 196 Å². The van der Waals surface area contributed by atoms with Crippen molar-refractivity contribution in [3.05, 3.63) is 48.0 Å². The lowest BCUT2D eigenvalue weighted by Crippen LogP contribution is -2.53. The van der Waals surface area contributed by atoms with E-state index in [1.54, 1.807) is 6.07 Å². The third-order valence-electron chi connectivity index (χ3n) is 5.89. The number of benzene rings is 1. The number of ether oxygens (including phenoxy) is 1. The van der Waals surface area contributed by atoms with Gasteiger partial charge in [0.05, 0.1) is 24.1 Å². The van der Waals surface area contributed by atoms with Crippen LogP contribution in [0.3, 0.4) is 0 Å². The van der Waals surface area contributed by atoms with Crippen LogP contribution in [0.2, 0.25) is 0 Å². The maximum atomic E-state index is 15.0. The van der Waals surface area contributed by atoms with Gasteiger partial charge in [0, 0.05) is 17.4 Å². The highest BCUT2D eigenvalue weighted by molar-refractivity contribution is 8.26. The number of nitrogens with two attached hydrogens (primary N) is 1. The number of pyridine rings is 1. The Kier molecular flexibility index (Phi) is 6.08. The van der Waals surface area contributed by atoms with E-state index in [9.17, 15) is 17.9 Å². The van der Waals surface area contributed by atoms with Gasteiger partial charge >= 0.3 is 0 Å². The Balaban J connectivity index is 1.76. The fourth-order valence-corrected chi connectivity index (χ4v) is 5.40. The van der Waals surface area contributed by atoms with E-state index in [0.29, 0.717) is 35.0 Å². The number of hydrogen-bond donors (Lipinski definition) is 4. The van der Waals surface area contributed by atoms with Crippen LogP contribution in [0.1, 0.15) is 26.3 Å². The second-order valence-electron chi connectivity index (χ2n) is 8.47. The van der Waals surface area contributed by atoms with Gasteiger partial charge in [0.15, 0.2) is 5.82 Å². The number of nitrogens with zero attached hydrogens (tertiary/aromatic N) is 4. The van der Waals surface area contributed by atoms with Crippen molar-refractivity contribution in [1.82, 2.24) is 15.0 Å². The van der Waals surface area contributed by atoms with Gasteiger partial charge in [-0.2, -0.15) is 10.6 Å². The molecule has 3 aromatic rings. The fraction of sp³-hybridized carbons (Fsp3) is 0.364. The number of rotatable bonds is 6. The van der Waals surface area contributed by atoms with Gasteiger partial charge in [0.2, 0.25) is 5.88 Å². The Bertz CT molecular complexity index is 1270. The van der Waals surface area contributed by atoms with Crippen LogP contribution in [0.4, 0.5) is 20.3 Å². The van der Waals surface area contributed by atoms with Crippen LogP contribution in [0.25, 0.3) is 11.0 Å². The fourth-order valence-electron chi connectivity index (χ4n) is 3.69. The molecule has 1 atom stereocenters. The molecule has 0 unspecified atom stereocenters. The summed E-state index contributed by atoms with van der Waals surface area (Å²) >= 11 is 0. The van der Waals surface area contributed by atoms with E-state index >= 15 is 0 Å². The topological polar surface area (TPSA) is 139 Å². The minimum absolute atomic E-state index is 0.148.